The van der Waals surface area contributed by atoms with Crippen LogP contribution in [0.2, 0.25) is 0 Å². The van der Waals surface area contributed by atoms with Gasteiger partial charge in [-0.25, -0.2) is 9.37 Å². The van der Waals surface area contributed by atoms with E-state index in [0.717, 1.165) is 25.9 Å². The molecule has 1 fully saturated rings. The summed E-state index contributed by atoms with van der Waals surface area (Å²) in [6.45, 7) is 1.72. The van der Waals surface area contributed by atoms with Crippen LogP contribution in [0.1, 0.15) is 18.5 Å². The molecular weight excluding hydrogens is 317 g/mol. The lowest BCUT2D eigenvalue weighted by Crippen LogP contribution is -2.42. The van der Waals surface area contributed by atoms with Gasteiger partial charge in [-0.1, -0.05) is 6.07 Å². The fraction of sp³-hybridized carbons (Fsp3) is 0.368. The smallest absolute Gasteiger partial charge is 0.148 e. The summed E-state index contributed by atoms with van der Waals surface area (Å²) in [4.78, 5) is 8.49. The zero-order valence-corrected chi connectivity index (χ0v) is 14.5. The topological polar surface area (TPSA) is 55.2 Å². The number of piperidine rings is 1. The standard InChI is InChI=1S/C19H22FN5/c1-24(2)16-8-10-25(11-9-16)18-7-6-14(12-17(18)20)22-19-5-3-4-15(13-21)23-19/h3-7,12,16H,8-11H2,1-2H3,(H,22,23). The number of benzene rings is 1. The minimum atomic E-state index is -0.246. The van der Waals surface area contributed by atoms with E-state index in [1.165, 1.54) is 6.07 Å². The van der Waals surface area contributed by atoms with Crippen molar-refractivity contribution < 1.29 is 4.39 Å². The molecule has 0 amide bonds. The van der Waals surface area contributed by atoms with E-state index in [4.69, 9.17) is 5.26 Å². The van der Waals surface area contributed by atoms with E-state index in [2.05, 4.69) is 34.2 Å². The van der Waals surface area contributed by atoms with Gasteiger partial charge < -0.3 is 15.1 Å². The van der Waals surface area contributed by atoms with Gasteiger partial charge in [0, 0.05) is 24.8 Å². The first-order chi connectivity index (χ1) is 12.1. The summed E-state index contributed by atoms with van der Waals surface area (Å²) < 4.78 is 14.6. The monoisotopic (exact) mass is 339 g/mol. The quantitative estimate of drug-likeness (QED) is 0.925. The highest BCUT2D eigenvalue weighted by Crippen LogP contribution is 2.27. The molecule has 5 nitrogen and oxygen atoms in total. The highest BCUT2D eigenvalue weighted by atomic mass is 19.1. The molecule has 1 aromatic heterocycles. The summed E-state index contributed by atoms with van der Waals surface area (Å²) >= 11 is 0. The molecule has 2 heterocycles. The van der Waals surface area contributed by atoms with Gasteiger partial charge >= 0.3 is 0 Å². The second-order valence-corrected chi connectivity index (χ2v) is 6.49. The Labute approximate surface area is 147 Å². The largest absolute Gasteiger partial charge is 0.369 e. The minimum Gasteiger partial charge on any atom is -0.369 e. The van der Waals surface area contributed by atoms with Gasteiger partial charge in [0.25, 0.3) is 0 Å². The lowest BCUT2D eigenvalue weighted by atomic mass is 10.0. The van der Waals surface area contributed by atoms with E-state index in [1.54, 1.807) is 18.2 Å². The van der Waals surface area contributed by atoms with Gasteiger partial charge in [0.2, 0.25) is 0 Å². The van der Waals surface area contributed by atoms with Crippen LogP contribution in [0, 0.1) is 17.1 Å². The summed E-state index contributed by atoms with van der Waals surface area (Å²) in [7, 11) is 4.19. The Morgan fingerprint density at radius 3 is 2.64 bits per heavy atom. The Balaban J connectivity index is 1.70. The molecule has 6 heteroatoms. The third-order valence-corrected chi connectivity index (χ3v) is 4.62. The van der Waals surface area contributed by atoms with E-state index < -0.39 is 0 Å². The average Bonchev–Trinajstić information content (AvgIpc) is 2.62. The lowest BCUT2D eigenvalue weighted by molar-refractivity contribution is 0.249. The van der Waals surface area contributed by atoms with Gasteiger partial charge in [-0.05, 0) is 57.3 Å². The highest BCUT2D eigenvalue weighted by Gasteiger charge is 2.22. The van der Waals surface area contributed by atoms with Crippen molar-refractivity contribution in [1.29, 1.82) is 5.26 Å². The van der Waals surface area contributed by atoms with Gasteiger partial charge in [-0.3, -0.25) is 0 Å². The molecule has 0 spiro atoms. The summed E-state index contributed by atoms with van der Waals surface area (Å²) in [5.41, 5.74) is 1.58. The number of halogens is 1. The van der Waals surface area contributed by atoms with Crippen LogP contribution in [0.4, 0.5) is 21.6 Å². The van der Waals surface area contributed by atoms with E-state index in [9.17, 15) is 4.39 Å². The van der Waals surface area contributed by atoms with Crippen molar-refractivity contribution in [2.45, 2.75) is 18.9 Å². The van der Waals surface area contributed by atoms with Gasteiger partial charge in [-0.15, -0.1) is 0 Å². The summed E-state index contributed by atoms with van der Waals surface area (Å²) in [5.74, 6) is 0.280. The predicted octanol–water partition coefficient (Wildman–Crippen LogP) is 3.37. The van der Waals surface area contributed by atoms with E-state index >= 15 is 0 Å². The Hall–Kier alpha value is -2.65. The van der Waals surface area contributed by atoms with Crippen molar-refractivity contribution in [3.8, 4) is 6.07 Å². The number of aromatic nitrogens is 1. The number of pyridine rings is 1. The molecular formula is C19H22FN5. The van der Waals surface area contributed by atoms with Gasteiger partial charge in [0.05, 0.1) is 5.69 Å². The normalized spacial score (nSPS) is 15.2. The molecule has 25 heavy (non-hydrogen) atoms. The van der Waals surface area contributed by atoms with Crippen molar-refractivity contribution in [2.75, 3.05) is 37.4 Å². The van der Waals surface area contributed by atoms with Crippen LogP contribution in [0.3, 0.4) is 0 Å². The third kappa shape index (κ3) is 4.06. The van der Waals surface area contributed by atoms with Crippen molar-refractivity contribution in [3.63, 3.8) is 0 Å². The van der Waals surface area contributed by atoms with E-state index in [1.807, 2.05) is 18.2 Å². The molecule has 0 unspecified atom stereocenters. The Morgan fingerprint density at radius 2 is 2.00 bits per heavy atom. The van der Waals surface area contributed by atoms with Crippen LogP contribution >= 0.6 is 0 Å². The maximum atomic E-state index is 14.6. The molecule has 1 aromatic carbocycles. The molecule has 0 saturated carbocycles. The Kier molecular flexibility index (Phi) is 5.15. The van der Waals surface area contributed by atoms with Crippen LogP contribution in [0.15, 0.2) is 36.4 Å². The molecule has 1 aliphatic rings. The van der Waals surface area contributed by atoms with Gasteiger partial charge in [0.15, 0.2) is 0 Å². The SMILES string of the molecule is CN(C)C1CCN(c2ccc(Nc3cccc(C#N)n3)cc2F)CC1. The molecule has 0 atom stereocenters. The first kappa shape index (κ1) is 17.2. The molecule has 0 aliphatic carbocycles. The zero-order chi connectivity index (χ0) is 17.8. The summed E-state index contributed by atoms with van der Waals surface area (Å²) in [6, 6.07) is 12.8. The van der Waals surface area contributed by atoms with Crippen LogP contribution in [0.25, 0.3) is 0 Å². The number of rotatable bonds is 4. The molecule has 1 aliphatic heterocycles. The predicted molar refractivity (Wildman–Crippen MR) is 97.6 cm³/mol. The third-order valence-electron chi connectivity index (χ3n) is 4.62. The molecule has 130 valence electrons. The number of nitrogens with zero attached hydrogens (tertiary/aromatic N) is 4. The van der Waals surface area contributed by atoms with Gasteiger partial charge in [-0.2, -0.15) is 5.26 Å². The number of hydrogen-bond donors (Lipinski definition) is 1. The van der Waals surface area contributed by atoms with Crippen molar-refractivity contribution in [1.82, 2.24) is 9.88 Å². The molecule has 0 bridgehead atoms. The Bertz CT molecular complexity index is 776. The zero-order valence-electron chi connectivity index (χ0n) is 14.5. The van der Waals surface area contributed by atoms with Crippen LogP contribution in [-0.2, 0) is 0 Å². The summed E-state index contributed by atoms with van der Waals surface area (Å²) in [6.07, 6.45) is 2.08. The second-order valence-electron chi connectivity index (χ2n) is 6.49. The number of nitriles is 1. The number of nitrogens with one attached hydrogen (secondary N) is 1. The molecule has 1 N–H and O–H groups in total. The van der Waals surface area contributed by atoms with Crippen LogP contribution < -0.4 is 10.2 Å². The number of hydrogen-bond acceptors (Lipinski definition) is 5. The maximum Gasteiger partial charge on any atom is 0.148 e. The maximum absolute atomic E-state index is 14.6. The van der Waals surface area contributed by atoms with Crippen LogP contribution in [0.5, 0.6) is 0 Å². The second kappa shape index (κ2) is 7.49. The molecule has 3 rings (SSSR count). The highest BCUT2D eigenvalue weighted by molar-refractivity contribution is 5.62. The van der Waals surface area contributed by atoms with Crippen molar-refractivity contribution >= 4 is 17.2 Å². The molecule has 1 saturated heterocycles. The van der Waals surface area contributed by atoms with Crippen LogP contribution in [-0.4, -0.2) is 43.1 Å². The number of anilines is 3. The first-order valence-electron chi connectivity index (χ1n) is 8.42. The van der Waals surface area contributed by atoms with Gasteiger partial charge in [0.1, 0.15) is 23.4 Å². The average molecular weight is 339 g/mol. The van der Waals surface area contributed by atoms with E-state index in [-0.39, 0.29) is 5.82 Å². The molecule has 2 aromatic rings. The Morgan fingerprint density at radius 1 is 1.24 bits per heavy atom. The fourth-order valence-electron chi connectivity index (χ4n) is 3.18. The van der Waals surface area contributed by atoms with Crippen molar-refractivity contribution in [3.05, 3.63) is 47.9 Å². The summed E-state index contributed by atoms with van der Waals surface area (Å²) in [5, 5.41) is 11.9. The minimum absolute atomic E-state index is 0.246. The lowest BCUT2D eigenvalue weighted by Gasteiger charge is -2.36. The first-order valence-corrected chi connectivity index (χ1v) is 8.42. The van der Waals surface area contributed by atoms with E-state index in [0.29, 0.717) is 28.9 Å². The van der Waals surface area contributed by atoms with Crippen molar-refractivity contribution in [2.24, 2.45) is 0 Å². The fourth-order valence-corrected chi connectivity index (χ4v) is 3.18. The molecule has 0 radical (unpaired) electrons.